The first kappa shape index (κ1) is 29.9. The summed E-state index contributed by atoms with van der Waals surface area (Å²) in [5.74, 6) is 0.136. The third kappa shape index (κ3) is 7.91. The topological polar surface area (TPSA) is 109 Å². The molecule has 1 amide bonds. The average Bonchev–Trinajstić information content (AvgIpc) is 2.92. The predicted molar refractivity (Wildman–Crippen MR) is 160 cm³/mol. The number of halogens is 1. The summed E-state index contributed by atoms with van der Waals surface area (Å²) in [5, 5.41) is 13.5. The maximum atomic E-state index is 12.8. The first-order valence-electron chi connectivity index (χ1n) is 12.5. The number of hydrogen-bond donors (Lipinski definition) is 1. The highest BCUT2D eigenvalue weighted by Gasteiger charge is 2.15. The van der Waals surface area contributed by atoms with Gasteiger partial charge in [-0.1, -0.05) is 12.1 Å². The first-order chi connectivity index (χ1) is 18.8. The number of hydrazone groups is 1. The normalized spacial score (nSPS) is 10.9. The summed E-state index contributed by atoms with van der Waals surface area (Å²) in [7, 11) is 1.49. The van der Waals surface area contributed by atoms with E-state index in [1.807, 2.05) is 48.5 Å². The van der Waals surface area contributed by atoms with Crippen LogP contribution in [0.25, 0.3) is 0 Å². The van der Waals surface area contributed by atoms with Crippen molar-refractivity contribution >= 4 is 40.4 Å². The monoisotopic (exact) mass is 641 g/mol. The van der Waals surface area contributed by atoms with Crippen LogP contribution in [0.5, 0.6) is 5.75 Å². The quantitative estimate of drug-likeness (QED) is 0.179. The molecule has 1 N–H and O–H groups in total. The molecule has 1 aromatic heterocycles. The van der Waals surface area contributed by atoms with Crippen molar-refractivity contribution in [2.45, 2.75) is 40.5 Å². The lowest BCUT2D eigenvalue weighted by Crippen LogP contribution is -2.33. The highest BCUT2D eigenvalue weighted by Crippen LogP contribution is 2.26. The molecule has 9 nitrogen and oxygen atoms in total. The van der Waals surface area contributed by atoms with E-state index in [-0.39, 0.29) is 18.7 Å². The Hall–Kier alpha value is -3.69. The minimum Gasteiger partial charge on any atom is -0.488 e. The Bertz CT molecular complexity index is 1420. The molecule has 10 heteroatoms. The van der Waals surface area contributed by atoms with Gasteiger partial charge >= 0.3 is 0 Å². The van der Waals surface area contributed by atoms with Gasteiger partial charge in [-0.05, 0) is 79.3 Å². The van der Waals surface area contributed by atoms with Gasteiger partial charge in [0.1, 0.15) is 30.5 Å². The lowest BCUT2D eigenvalue weighted by atomic mass is 10.1. The molecule has 0 aliphatic rings. The second kappa shape index (κ2) is 14.5. The van der Waals surface area contributed by atoms with E-state index < -0.39 is 11.5 Å². The molecule has 2 aromatic carbocycles. The number of carbonyl (C=O) groups excluding carboxylic acids is 1. The number of pyridine rings is 1. The van der Waals surface area contributed by atoms with Crippen molar-refractivity contribution in [1.82, 2.24) is 9.99 Å². The SMILES string of the molecule is CCN(CC)c1ccc(/C=N/NC(=O)Cn2c(C)cc(COC)c(C#N)c2=O)c(OCc2ccc(I)cc2)c1. The fraction of sp³-hybridized carbons (Fsp3) is 0.310. The smallest absolute Gasteiger partial charge is 0.269 e. The van der Waals surface area contributed by atoms with Crippen LogP contribution in [0.1, 0.15) is 41.8 Å². The van der Waals surface area contributed by atoms with Crippen LogP contribution in [0.2, 0.25) is 0 Å². The molecule has 204 valence electrons. The van der Waals surface area contributed by atoms with E-state index in [1.165, 1.54) is 17.9 Å². The summed E-state index contributed by atoms with van der Waals surface area (Å²) in [6.07, 6.45) is 1.52. The third-order valence-electron chi connectivity index (χ3n) is 6.13. The number of rotatable bonds is 12. The van der Waals surface area contributed by atoms with Gasteiger partial charge in [0.05, 0.1) is 12.8 Å². The number of nitrogens with one attached hydrogen (secondary N) is 1. The number of aryl methyl sites for hydroxylation is 1. The van der Waals surface area contributed by atoms with E-state index in [4.69, 9.17) is 9.47 Å². The largest absolute Gasteiger partial charge is 0.488 e. The molecule has 0 bridgehead atoms. The van der Waals surface area contributed by atoms with Gasteiger partial charge in [0.15, 0.2) is 0 Å². The minimum absolute atomic E-state index is 0.0398. The number of ether oxygens (including phenoxy) is 2. The van der Waals surface area contributed by atoms with Crippen molar-refractivity contribution in [2.24, 2.45) is 5.10 Å². The number of nitriles is 1. The number of carbonyl (C=O) groups is 1. The molecule has 1 heterocycles. The summed E-state index contributed by atoms with van der Waals surface area (Å²) in [6.45, 7) is 7.85. The zero-order chi connectivity index (χ0) is 28.4. The van der Waals surface area contributed by atoms with Gasteiger partial charge in [-0.2, -0.15) is 10.4 Å². The Labute approximate surface area is 242 Å². The average molecular weight is 642 g/mol. The molecule has 3 aromatic rings. The fourth-order valence-corrected chi connectivity index (χ4v) is 4.41. The third-order valence-corrected chi connectivity index (χ3v) is 6.85. The maximum absolute atomic E-state index is 12.8. The van der Waals surface area contributed by atoms with Crippen LogP contribution in [0.3, 0.4) is 0 Å². The van der Waals surface area contributed by atoms with E-state index in [1.54, 1.807) is 13.0 Å². The molecule has 0 saturated carbocycles. The highest BCUT2D eigenvalue weighted by molar-refractivity contribution is 14.1. The number of aromatic nitrogens is 1. The van der Waals surface area contributed by atoms with Gasteiger partial charge in [0, 0.05) is 52.3 Å². The van der Waals surface area contributed by atoms with E-state index in [0.717, 1.165) is 27.9 Å². The first-order valence-corrected chi connectivity index (χ1v) is 13.6. The molecule has 0 aliphatic carbocycles. The predicted octanol–water partition coefficient (Wildman–Crippen LogP) is 4.35. The van der Waals surface area contributed by atoms with Gasteiger partial charge in [0.2, 0.25) is 0 Å². The maximum Gasteiger partial charge on any atom is 0.269 e. The van der Waals surface area contributed by atoms with Crippen molar-refractivity contribution in [3.05, 3.63) is 90.4 Å². The number of hydrogen-bond acceptors (Lipinski definition) is 7. The van der Waals surface area contributed by atoms with Crippen LogP contribution in [0.4, 0.5) is 5.69 Å². The van der Waals surface area contributed by atoms with Crippen LogP contribution >= 0.6 is 22.6 Å². The van der Waals surface area contributed by atoms with E-state index in [9.17, 15) is 14.9 Å². The lowest BCUT2D eigenvalue weighted by molar-refractivity contribution is -0.121. The van der Waals surface area contributed by atoms with Crippen LogP contribution < -0.4 is 20.6 Å². The summed E-state index contributed by atoms with van der Waals surface area (Å²) in [6, 6.07) is 17.5. The molecule has 0 fully saturated rings. The Morgan fingerprint density at radius 1 is 1.15 bits per heavy atom. The van der Waals surface area contributed by atoms with Gasteiger partial charge in [-0.25, -0.2) is 5.43 Å². The fourth-order valence-electron chi connectivity index (χ4n) is 4.05. The number of amides is 1. The van der Waals surface area contributed by atoms with Crippen molar-refractivity contribution in [1.29, 1.82) is 5.26 Å². The molecule has 3 rings (SSSR count). The van der Waals surface area contributed by atoms with E-state index in [0.29, 0.717) is 29.2 Å². The van der Waals surface area contributed by atoms with Gasteiger partial charge < -0.3 is 18.9 Å². The number of methoxy groups -OCH3 is 1. The van der Waals surface area contributed by atoms with Gasteiger partial charge in [0.25, 0.3) is 11.5 Å². The zero-order valence-electron chi connectivity index (χ0n) is 22.5. The van der Waals surface area contributed by atoms with Crippen molar-refractivity contribution in [3.8, 4) is 11.8 Å². The lowest BCUT2D eigenvalue weighted by Gasteiger charge is -2.22. The summed E-state index contributed by atoms with van der Waals surface area (Å²) in [5.41, 5.74) is 5.69. The Kier molecular flexibility index (Phi) is 11.1. The standard InChI is InChI=1S/C29H32IN5O4/c1-5-34(6-2)25-12-9-22(27(14-25)39-18-21-7-10-24(30)11-8-21)16-32-33-28(36)17-35-20(3)13-23(19-38-4)26(15-31)29(35)37/h7-14,16H,5-6,17-19H2,1-4H3,(H,33,36)/b32-16+. The molecule has 0 radical (unpaired) electrons. The van der Waals surface area contributed by atoms with Crippen molar-refractivity contribution in [3.63, 3.8) is 0 Å². The molecule has 0 spiro atoms. The molecule has 0 saturated heterocycles. The van der Waals surface area contributed by atoms with Crippen LogP contribution in [-0.2, 0) is 29.3 Å². The molecule has 39 heavy (non-hydrogen) atoms. The molecular weight excluding hydrogens is 609 g/mol. The second-order valence-corrected chi connectivity index (χ2v) is 9.97. The van der Waals surface area contributed by atoms with Crippen LogP contribution in [0, 0.1) is 21.8 Å². The molecule has 0 unspecified atom stereocenters. The highest BCUT2D eigenvalue weighted by atomic mass is 127. The molecular formula is C29H32IN5O4. The second-order valence-electron chi connectivity index (χ2n) is 8.72. The Morgan fingerprint density at radius 2 is 1.87 bits per heavy atom. The van der Waals surface area contributed by atoms with Crippen molar-refractivity contribution in [2.75, 3.05) is 25.1 Å². The van der Waals surface area contributed by atoms with Crippen molar-refractivity contribution < 1.29 is 14.3 Å². The minimum atomic E-state index is -0.540. The van der Waals surface area contributed by atoms with Crippen LogP contribution in [-0.4, -0.2) is 36.9 Å². The van der Waals surface area contributed by atoms with E-state index >= 15 is 0 Å². The summed E-state index contributed by atoms with van der Waals surface area (Å²) >= 11 is 2.26. The summed E-state index contributed by atoms with van der Waals surface area (Å²) in [4.78, 5) is 27.6. The van der Waals surface area contributed by atoms with Gasteiger partial charge in [-0.3, -0.25) is 9.59 Å². The van der Waals surface area contributed by atoms with E-state index in [2.05, 4.69) is 51.9 Å². The van der Waals surface area contributed by atoms with Crippen LogP contribution in [0.15, 0.2) is 58.4 Å². The number of benzene rings is 2. The number of anilines is 1. The number of nitrogens with zero attached hydrogens (tertiary/aromatic N) is 4. The zero-order valence-corrected chi connectivity index (χ0v) is 24.7. The van der Waals surface area contributed by atoms with Gasteiger partial charge in [-0.15, -0.1) is 0 Å². The molecule has 0 aliphatic heterocycles. The summed E-state index contributed by atoms with van der Waals surface area (Å²) < 4.78 is 13.6. The Balaban J connectivity index is 1.78. The Morgan fingerprint density at radius 3 is 2.51 bits per heavy atom. The molecule has 0 atom stereocenters.